The maximum atomic E-state index is 14.6. The minimum absolute atomic E-state index is 0.0241. The van der Waals surface area contributed by atoms with Gasteiger partial charge >= 0.3 is 12.1 Å². The molecular weight excluding hydrogens is 898 g/mol. The van der Waals surface area contributed by atoms with Crippen LogP contribution in [-0.4, -0.2) is 89.5 Å². The van der Waals surface area contributed by atoms with Crippen molar-refractivity contribution in [3.05, 3.63) is 160 Å². The molecule has 3 heterocycles. The summed E-state index contributed by atoms with van der Waals surface area (Å²) in [5.74, 6) is -3.03. The first-order valence-electron chi connectivity index (χ1n) is 20.0. The third kappa shape index (κ3) is 10.5. The highest BCUT2D eigenvalue weighted by Crippen LogP contribution is 2.43. The summed E-state index contributed by atoms with van der Waals surface area (Å²) in [6.07, 6.45) is -0.784. The van der Waals surface area contributed by atoms with Crippen LogP contribution in [0.25, 0.3) is 0 Å². The monoisotopic (exact) mass is 941 g/mol. The Morgan fingerprint density at radius 1 is 0.892 bits per heavy atom. The molecule has 0 bridgehead atoms. The fourth-order valence-electron chi connectivity index (χ4n) is 7.06. The topological polar surface area (TPSA) is 192 Å². The lowest BCUT2D eigenvalue weighted by molar-refractivity contribution is -0.153. The van der Waals surface area contributed by atoms with Gasteiger partial charge < -0.3 is 24.4 Å². The van der Waals surface area contributed by atoms with Crippen molar-refractivity contribution in [1.82, 2.24) is 15.2 Å². The number of nitrogens with zero attached hydrogens (tertiary/aromatic N) is 3. The molecule has 1 fully saturated rings. The number of alkyl halides is 1. The molecule has 2 aliphatic rings. The lowest BCUT2D eigenvalue weighted by Gasteiger charge is -2.49. The highest BCUT2D eigenvalue weighted by Gasteiger charge is 2.55. The Hall–Kier alpha value is -6.57. The van der Waals surface area contributed by atoms with Crippen LogP contribution >= 0.6 is 23.1 Å². The van der Waals surface area contributed by atoms with Crippen molar-refractivity contribution in [2.24, 2.45) is 5.16 Å². The van der Waals surface area contributed by atoms with Crippen molar-refractivity contribution in [3.8, 4) is 5.75 Å². The van der Waals surface area contributed by atoms with Crippen LogP contribution in [0.5, 0.6) is 5.75 Å². The Labute approximate surface area is 382 Å². The van der Waals surface area contributed by atoms with Crippen LogP contribution in [0.15, 0.2) is 137 Å². The molecule has 0 aliphatic carbocycles. The molecule has 0 saturated carbocycles. The molecule has 338 valence electrons. The number of anilines is 1. The Balaban J connectivity index is 1.23. The number of sulfone groups is 1. The number of amides is 3. The summed E-state index contributed by atoms with van der Waals surface area (Å²) in [6, 6.07) is 31.5. The Morgan fingerprint density at radius 3 is 2.02 bits per heavy atom. The summed E-state index contributed by atoms with van der Waals surface area (Å²) in [7, 11) is -2.80. The van der Waals surface area contributed by atoms with E-state index in [9.17, 15) is 32.0 Å². The van der Waals surface area contributed by atoms with Gasteiger partial charge in [-0.1, -0.05) is 108 Å². The Kier molecular flexibility index (Phi) is 14.0. The number of hydrogen-bond acceptors (Lipinski definition) is 14. The summed E-state index contributed by atoms with van der Waals surface area (Å²) < 4.78 is 54.7. The lowest BCUT2D eigenvalue weighted by Crippen LogP contribution is -2.71. The van der Waals surface area contributed by atoms with E-state index in [0.29, 0.717) is 28.0 Å². The van der Waals surface area contributed by atoms with Crippen molar-refractivity contribution in [2.75, 3.05) is 29.9 Å². The first kappa shape index (κ1) is 46.4. The van der Waals surface area contributed by atoms with Gasteiger partial charge in [0.1, 0.15) is 40.8 Å². The number of carbonyl (C=O) groups excluding carboxylic acids is 4. The lowest BCUT2D eigenvalue weighted by atomic mass is 9.80. The van der Waals surface area contributed by atoms with Gasteiger partial charge in [-0.2, -0.15) is 0 Å². The standard InChI is InChI=1S/C46H44FN5O10S3/c1-45(2,3)61-44(56)50-43-48-35(26-64-43)36(51-62-46(31-14-8-5-9-15-31,32-16-10-6-11-17-32)33-18-12-7-13-19-33)39(53)49-37-40(54)52-38(30(25-63-41(37)52)27-65(57,58)28-47)42(55)60-24-29-20-22-34(59-4)23-21-29/h5-23,26,37,41H,24-25,27-28H2,1-4H3,(H,49,53)(H,48,50,56)/b51-36-/t37?,41-/m1/s1. The van der Waals surface area contributed by atoms with Gasteiger partial charge in [-0.05, 0) is 44.0 Å². The average molecular weight is 942 g/mol. The van der Waals surface area contributed by atoms with E-state index in [2.05, 4.69) is 20.8 Å². The molecule has 2 atom stereocenters. The maximum absolute atomic E-state index is 14.6. The number of benzene rings is 4. The zero-order valence-electron chi connectivity index (χ0n) is 35.6. The summed E-state index contributed by atoms with van der Waals surface area (Å²) >= 11 is 2.06. The number of thioether (sulfide) groups is 1. The predicted octanol–water partition coefficient (Wildman–Crippen LogP) is 6.95. The van der Waals surface area contributed by atoms with Gasteiger partial charge in [0.05, 0.1) is 12.9 Å². The molecule has 19 heteroatoms. The number of esters is 1. The summed E-state index contributed by atoms with van der Waals surface area (Å²) in [4.78, 5) is 67.4. The molecule has 4 aromatic carbocycles. The van der Waals surface area contributed by atoms with Gasteiger partial charge in [0.25, 0.3) is 11.8 Å². The van der Waals surface area contributed by atoms with Crippen LogP contribution in [0.4, 0.5) is 14.3 Å². The number of rotatable bonds is 16. The molecule has 1 unspecified atom stereocenters. The number of halogens is 1. The quantitative estimate of drug-likeness (QED) is 0.0341. The number of fused-ring (bicyclic) bond motifs is 1. The number of hydrogen-bond donors (Lipinski definition) is 2. The van der Waals surface area contributed by atoms with Crippen molar-refractivity contribution in [3.63, 3.8) is 0 Å². The second kappa shape index (κ2) is 19.7. The van der Waals surface area contributed by atoms with E-state index in [4.69, 9.17) is 19.0 Å². The van der Waals surface area contributed by atoms with Crippen LogP contribution < -0.4 is 15.4 Å². The van der Waals surface area contributed by atoms with E-state index in [1.165, 1.54) is 12.5 Å². The number of ether oxygens (including phenoxy) is 3. The molecule has 0 radical (unpaired) electrons. The molecule has 5 aromatic rings. The Morgan fingerprint density at radius 2 is 1.48 bits per heavy atom. The number of β-lactam (4-membered cyclic amide) rings is 1. The molecule has 65 heavy (non-hydrogen) atoms. The van der Waals surface area contributed by atoms with E-state index < -0.39 is 68.1 Å². The van der Waals surface area contributed by atoms with E-state index in [1.54, 1.807) is 45.0 Å². The average Bonchev–Trinajstić information content (AvgIpc) is 3.76. The molecule has 2 N–H and O–H groups in total. The molecular formula is C46H44FN5O10S3. The highest BCUT2D eigenvalue weighted by molar-refractivity contribution is 8.00. The summed E-state index contributed by atoms with van der Waals surface area (Å²) in [6.45, 7) is 4.88. The SMILES string of the molecule is COc1ccc(COC(=O)C2=C(CS(=O)(=O)CF)CS[C@@H]3C(NC(=O)/C(=N\OC(c4ccccc4)(c4ccccc4)c4ccccc4)c4csc(NC(=O)OC(C)(C)C)n4)C(=O)N23)cc1. The molecule has 0 spiro atoms. The number of carbonyl (C=O) groups is 4. The molecule has 1 saturated heterocycles. The number of oxime groups is 1. The van der Waals surface area contributed by atoms with Crippen LogP contribution in [0.1, 0.15) is 48.7 Å². The number of aromatic nitrogens is 1. The normalized spacial score (nSPS) is 16.5. The first-order valence-corrected chi connectivity index (χ1v) is 23.8. The van der Waals surface area contributed by atoms with Crippen LogP contribution in [0, 0.1) is 0 Å². The summed E-state index contributed by atoms with van der Waals surface area (Å²) in [5, 5.41) is 10.5. The zero-order chi connectivity index (χ0) is 46.4. The molecule has 15 nitrogen and oxygen atoms in total. The molecule has 1 aromatic heterocycles. The van der Waals surface area contributed by atoms with Crippen molar-refractivity contribution < 1.29 is 51.0 Å². The van der Waals surface area contributed by atoms with E-state index >= 15 is 0 Å². The largest absolute Gasteiger partial charge is 0.497 e. The summed E-state index contributed by atoms with van der Waals surface area (Å²) in [5.41, 5.74) is -0.443. The second-order valence-electron chi connectivity index (χ2n) is 15.7. The van der Waals surface area contributed by atoms with E-state index in [1.807, 2.05) is 91.0 Å². The molecule has 7 rings (SSSR count). The zero-order valence-corrected chi connectivity index (χ0v) is 38.0. The predicted molar refractivity (Wildman–Crippen MR) is 243 cm³/mol. The first-order chi connectivity index (χ1) is 31.1. The number of methoxy groups -OCH3 is 1. The van der Waals surface area contributed by atoms with Gasteiger partial charge in [0, 0.05) is 27.8 Å². The fraction of sp³-hybridized carbons (Fsp3) is 0.261. The van der Waals surface area contributed by atoms with E-state index in [-0.39, 0.29) is 40.2 Å². The fourth-order valence-corrected chi connectivity index (χ4v) is 10.1. The highest BCUT2D eigenvalue weighted by atomic mass is 32.2. The minimum Gasteiger partial charge on any atom is -0.497 e. The maximum Gasteiger partial charge on any atom is 0.413 e. The smallest absolute Gasteiger partial charge is 0.413 e. The minimum atomic E-state index is -4.30. The van der Waals surface area contributed by atoms with Gasteiger partial charge in [0.15, 0.2) is 26.7 Å². The van der Waals surface area contributed by atoms with E-state index in [0.717, 1.165) is 28.0 Å². The third-order valence-corrected chi connectivity index (χ3v) is 13.2. The van der Waals surface area contributed by atoms with Crippen molar-refractivity contribution >= 4 is 67.7 Å². The number of thiazole rings is 1. The van der Waals surface area contributed by atoms with Crippen LogP contribution in [0.2, 0.25) is 0 Å². The van der Waals surface area contributed by atoms with Crippen molar-refractivity contribution in [2.45, 2.75) is 50.0 Å². The Bertz CT molecular complexity index is 2620. The van der Waals surface area contributed by atoms with Gasteiger partial charge in [0.2, 0.25) is 5.60 Å². The number of nitrogens with one attached hydrogen (secondary N) is 2. The van der Waals surface area contributed by atoms with Crippen molar-refractivity contribution in [1.29, 1.82) is 0 Å². The van der Waals surface area contributed by atoms with Gasteiger partial charge in [-0.15, -0.1) is 23.1 Å². The molecule has 2 aliphatic heterocycles. The van der Waals surface area contributed by atoms with Gasteiger partial charge in [-0.3, -0.25) is 19.8 Å². The van der Waals surface area contributed by atoms with Crippen LogP contribution in [-0.2, 0) is 50.7 Å². The van der Waals surface area contributed by atoms with Crippen LogP contribution in [0.3, 0.4) is 0 Å². The third-order valence-electron chi connectivity index (χ3n) is 10.0. The second-order valence-corrected chi connectivity index (χ2v) is 19.7. The van der Waals surface area contributed by atoms with Gasteiger partial charge in [-0.25, -0.2) is 27.4 Å². The molecule has 3 amide bonds.